The van der Waals surface area contributed by atoms with E-state index in [0.717, 1.165) is 0 Å². The molecule has 3 aromatic heterocycles. The Morgan fingerprint density at radius 3 is 2.66 bits per heavy atom. The smallest absolute Gasteiger partial charge is 0.303 e. The molecule has 4 aromatic rings. The Labute approximate surface area is 184 Å². The second-order valence-corrected chi connectivity index (χ2v) is 6.94. The molecule has 0 fully saturated rings. The van der Waals surface area contributed by atoms with Crippen molar-refractivity contribution in [3.8, 4) is 23.7 Å². The van der Waals surface area contributed by atoms with Gasteiger partial charge in [0.2, 0.25) is 5.95 Å². The van der Waals surface area contributed by atoms with E-state index < -0.39 is 5.60 Å². The first kappa shape index (κ1) is 21.2. The first-order valence-electron chi connectivity index (χ1n) is 9.74. The van der Waals surface area contributed by atoms with Gasteiger partial charge in [0.1, 0.15) is 12.4 Å². The van der Waals surface area contributed by atoms with Crippen molar-refractivity contribution in [3.05, 3.63) is 60.3 Å². The number of imidazole rings is 1. The first-order chi connectivity index (χ1) is 15.5. The van der Waals surface area contributed by atoms with Crippen LogP contribution in [0.4, 0.5) is 5.95 Å². The molecule has 0 aliphatic rings. The van der Waals surface area contributed by atoms with Crippen molar-refractivity contribution >= 4 is 17.0 Å². The molecular formula is C22H21N7O3. The number of aliphatic hydroxyl groups is 1. The van der Waals surface area contributed by atoms with Crippen LogP contribution in [0.5, 0.6) is 6.01 Å². The monoisotopic (exact) mass is 431 g/mol. The van der Waals surface area contributed by atoms with Gasteiger partial charge in [0.15, 0.2) is 11.4 Å². The number of nitrogens with two attached hydrogens (primary N) is 1. The van der Waals surface area contributed by atoms with Crippen molar-refractivity contribution in [1.82, 2.24) is 29.5 Å². The highest BCUT2D eigenvalue weighted by Crippen LogP contribution is 2.26. The predicted octanol–water partition coefficient (Wildman–Crippen LogP) is 1.47. The fourth-order valence-corrected chi connectivity index (χ4v) is 2.95. The lowest BCUT2D eigenvalue weighted by atomic mass is 10.1. The van der Waals surface area contributed by atoms with E-state index in [-0.39, 0.29) is 11.8 Å². The largest absolute Gasteiger partial charge is 0.462 e. The summed E-state index contributed by atoms with van der Waals surface area (Å²) >= 11 is 0. The number of fused-ring (bicyclic) bond motifs is 1. The Morgan fingerprint density at radius 1 is 1.09 bits per heavy atom. The molecule has 0 aliphatic heterocycles. The van der Waals surface area contributed by atoms with Gasteiger partial charge in [0.05, 0.1) is 17.6 Å². The predicted molar refractivity (Wildman–Crippen MR) is 117 cm³/mol. The van der Waals surface area contributed by atoms with Crippen molar-refractivity contribution in [2.45, 2.75) is 12.5 Å². The van der Waals surface area contributed by atoms with Crippen molar-refractivity contribution in [1.29, 1.82) is 0 Å². The molecule has 10 heteroatoms. The quantitative estimate of drug-likeness (QED) is 0.344. The number of ether oxygens (including phenoxy) is 2. The average molecular weight is 431 g/mol. The summed E-state index contributed by atoms with van der Waals surface area (Å²) in [6, 6.07) is 9.17. The van der Waals surface area contributed by atoms with Crippen LogP contribution in [0.1, 0.15) is 18.3 Å². The molecule has 10 nitrogen and oxygen atoms in total. The highest BCUT2D eigenvalue weighted by Gasteiger charge is 2.23. The topological polar surface area (TPSA) is 134 Å². The maximum atomic E-state index is 10.7. The third-order valence-corrected chi connectivity index (χ3v) is 4.48. The lowest BCUT2D eigenvalue weighted by Crippen LogP contribution is -2.21. The summed E-state index contributed by atoms with van der Waals surface area (Å²) in [7, 11) is 1.60. The van der Waals surface area contributed by atoms with E-state index in [1.807, 2.05) is 18.2 Å². The molecule has 0 bridgehead atoms. The number of methoxy groups -OCH3 is 1. The van der Waals surface area contributed by atoms with Gasteiger partial charge in [-0.05, 0) is 31.2 Å². The van der Waals surface area contributed by atoms with Crippen LogP contribution >= 0.6 is 0 Å². The number of anilines is 1. The number of benzene rings is 1. The van der Waals surface area contributed by atoms with E-state index in [2.05, 4.69) is 36.8 Å². The second-order valence-electron chi connectivity index (χ2n) is 6.94. The molecule has 0 saturated heterocycles. The minimum Gasteiger partial charge on any atom is -0.462 e. The maximum Gasteiger partial charge on any atom is 0.303 e. The van der Waals surface area contributed by atoms with Gasteiger partial charge in [-0.15, -0.1) is 0 Å². The number of nitrogen functional groups attached to an aromatic ring is 1. The van der Waals surface area contributed by atoms with Gasteiger partial charge in [0.25, 0.3) is 0 Å². The molecule has 3 heterocycles. The van der Waals surface area contributed by atoms with E-state index in [4.69, 9.17) is 15.2 Å². The zero-order chi connectivity index (χ0) is 22.6. The number of nitrogens with zero attached hydrogens (tertiary/aromatic N) is 6. The van der Waals surface area contributed by atoms with Crippen LogP contribution < -0.4 is 10.5 Å². The Kier molecular flexibility index (Phi) is 5.93. The lowest BCUT2D eigenvalue weighted by molar-refractivity contribution is 0.112. The summed E-state index contributed by atoms with van der Waals surface area (Å²) in [6.45, 7) is 2.26. The first-order valence-corrected chi connectivity index (χ1v) is 9.74. The molecule has 1 atom stereocenters. The number of aromatic nitrogens is 6. The Morgan fingerprint density at radius 2 is 1.91 bits per heavy atom. The molecule has 0 saturated carbocycles. The van der Waals surface area contributed by atoms with Crippen LogP contribution in [0.25, 0.3) is 16.9 Å². The molecular weight excluding hydrogens is 410 g/mol. The minimum absolute atomic E-state index is 0.127. The van der Waals surface area contributed by atoms with Crippen molar-refractivity contribution in [3.63, 3.8) is 0 Å². The fourth-order valence-electron chi connectivity index (χ4n) is 2.95. The van der Waals surface area contributed by atoms with E-state index in [1.54, 1.807) is 49.3 Å². The fraction of sp³-hybridized carbons (Fsp3) is 0.227. The highest BCUT2D eigenvalue weighted by atomic mass is 16.5. The molecule has 4 rings (SSSR count). The lowest BCUT2D eigenvalue weighted by Gasteiger charge is -2.13. The van der Waals surface area contributed by atoms with E-state index >= 15 is 0 Å². The van der Waals surface area contributed by atoms with Crippen molar-refractivity contribution in [2.24, 2.45) is 0 Å². The molecule has 1 aromatic carbocycles. The molecule has 0 spiro atoms. The Hall–Kier alpha value is -4.07. The van der Waals surface area contributed by atoms with E-state index in [9.17, 15) is 5.11 Å². The summed E-state index contributed by atoms with van der Waals surface area (Å²) in [5, 5.41) is 10.7. The van der Waals surface area contributed by atoms with Gasteiger partial charge in [0, 0.05) is 37.3 Å². The Bertz CT molecular complexity index is 1290. The summed E-state index contributed by atoms with van der Waals surface area (Å²) < 4.78 is 12.6. The standard InChI is InChI=1S/C22H21N7O3/c1-22(30,19-24-9-3-10-25-19)8-6-15-4-5-16-17(14-15)29(18-7-11-26-20(23)28-18)21(27-16)32-13-12-31-2/h3-5,7,9-11,14,30H,12-13H2,1-2H3,(H2,23,26,28). The van der Waals surface area contributed by atoms with Crippen LogP contribution in [0.2, 0.25) is 0 Å². The van der Waals surface area contributed by atoms with E-state index in [1.165, 1.54) is 0 Å². The molecule has 32 heavy (non-hydrogen) atoms. The van der Waals surface area contributed by atoms with Crippen LogP contribution in [-0.4, -0.2) is 54.9 Å². The molecule has 1 unspecified atom stereocenters. The van der Waals surface area contributed by atoms with Gasteiger partial charge < -0.3 is 20.3 Å². The van der Waals surface area contributed by atoms with Crippen LogP contribution in [-0.2, 0) is 10.3 Å². The number of rotatable bonds is 6. The number of hydrogen-bond donors (Lipinski definition) is 2. The van der Waals surface area contributed by atoms with Crippen molar-refractivity contribution < 1.29 is 14.6 Å². The van der Waals surface area contributed by atoms with Crippen LogP contribution in [0, 0.1) is 11.8 Å². The highest BCUT2D eigenvalue weighted by molar-refractivity contribution is 5.80. The molecule has 0 aliphatic carbocycles. The summed E-state index contributed by atoms with van der Waals surface area (Å²) in [6.07, 6.45) is 4.67. The van der Waals surface area contributed by atoms with Gasteiger partial charge in [-0.3, -0.25) is 0 Å². The maximum absolute atomic E-state index is 10.7. The van der Waals surface area contributed by atoms with E-state index in [0.29, 0.717) is 41.6 Å². The van der Waals surface area contributed by atoms with Gasteiger partial charge in [-0.1, -0.05) is 11.8 Å². The van der Waals surface area contributed by atoms with Gasteiger partial charge in [-0.25, -0.2) is 19.5 Å². The zero-order valence-electron chi connectivity index (χ0n) is 17.6. The molecule has 162 valence electrons. The summed E-state index contributed by atoms with van der Waals surface area (Å²) in [5.41, 5.74) is 6.31. The van der Waals surface area contributed by atoms with Crippen LogP contribution in [0.15, 0.2) is 48.9 Å². The normalized spacial score (nSPS) is 12.7. The third kappa shape index (κ3) is 4.49. The van der Waals surface area contributed by atoms with Gasteiger partial charge in [-0.2, -0.15) is 9.97 Å². The summed E-state index contributed by atoms with van der Waals surface area (Å²) in [4.78, 5) is 21.0. The van der Waals surface area contributed by atoms with Crippen molar-refractivity contribution in [2.75, 3.05) is 26.1 Å². The molecule has 0 radical (unpaired) electrons. The number of hydrogen-bond acceptors (Lipinski definition) is 9. The summed E-state index contributed by atoms with van der Waals surface area (Å²) in [5.74, 6) is 6.67. The zero-order valence-corrected chi connectivity index (χ0v) is 17.6. The SMILES string of the molecule is COCCOc1nc2ccc(C#CC(C)(O)c3ncccn3)cc2n1-c1ccnc(N)n1. The van der Waals surface area contributed by atoms with Gasteiger partial charge >= 0.3 is 6.01 Å². The third-order valence-electron chi connectivity index (χ3n) is 4.48. The van der Waals surface area contributed by atoms with Crippen LogP contribution in [0.3, 0.4) is 0 Å². The Balaban J connectivity index is 1.77. The minimum atomic E-state index is -1.51. The molecule has 0 amide bonds. The average Bonchev–Trinajstić information content (AvgIpc) is 3.16. The molecule has 3 N–H and O–H groups in total. The second kappa shape index (κ2) is 8.97.